The van der Waals surface area contributed by atoms with Crippen molar-refractivity contribution in [3.63, 3.8) is 0 Å². The molecular weight excluding hydrogens is 250 g/mol. The van der Waals surface area contributed by atoms with E-state index in [1.54, 1.807) is 12.4 Å². The van der Waals surface area contributed by atoms with Crippen molar-refractivity contribution in [2.45, 2.75) is 26.4 Å². The standard InChI is InChI=1S/C16H19N3O/c1-12(15-7-9-17-10-8-15)18-11-14-3-5-16(6-4-14)19-13(2)20/h3-10,12,18H,11H2,1-2H3,(H,19,20)/t12-/m0/s1. The first-order valence-electron chi connectivity index (χ1n) is 6.65. The lowest BCUT2D eigenvalue weighted by molar-refractivity contribution is -0.114. The number of benzene rings is 1. The molecule has 104 valence electrons. The van der Waals surface area contributed by atoms with E-state index in [4.69, 9.17) is 0 Å². The molecule has 0 saturated carbocycles. The second kappa shape index (κ2) is 6.82. The van der Waals surface area contributed by atoms with Crippen molar-refractivity contribution in [3.05, 3.63) is 59.9 Å². The summed E-state index contributed by atoms with van der Waals surface area (Å²) in [6, 6.07) is 12.1. The highest BCUT2D eigenvalue weighted by atomic mass is 16.1. The largest absolute Gasteiger partial charge is 0.326 e. The lowest BCUT2D eigenvalue weighted by Crippen LogP contribution is -2.18. The molecule has 0 unspecified atom stereocenters. The highest BCUT2D eigenvalue weighted by molar-refractivity contribution is 5.88. The van der Waals surface area contributed by atoms with Crippen molar-refractivity contribution in [2.75, 3.05) is 5.32 Å². The quantitative estimate of drug-likeness (QED) is 0.877. The van der Waals surface area contributed by atoms with Gasteiger partial charge >= 0.3 is 0 Å². The van der Waals surface area contributed by atoms with E-state index >= 15 is 0 Å². The number of carbonyl (C=O) groups is 1. The molecule has 0 radical (unpaired) electrons. The molecule has 20 heavy (non-hydrogen) atoms. The SMILES string of the molecule is CC(=O)Nc1ccc(CN[C@@H](C)c2ccncc2)cc1. The van der Waals surface area contributed by atoms with Crippen LogP contribution in [0.15, 0.2) is 48.8 Å². The molecule has 0 spiro atoms. The van der Waals surface area contributed by atoms with Crippen molar-refractivity contribution in [3.8, 4) is 0 Å². The molecule has 0 aliphatic heterocycles. The Morgan fingerprint density at radius 3 is 2.40 bits per heavy atom. The maximum atomic E-state index is 10.9. The van der Waals surface area contributed by atoms with Gasteiger partial charge in [-0.2, -0.15) is 0 Å². The van der Waals surface area contributed by atoms with Crippen LogP contribution >= 0.6 is 0 Å². The fourth-order valence-electron chi connectivity index (χ4n) is 1.95. The molecule has 1 aromatic carbocycles. The Balaban J connectivity index is 1.89. The number of nitrogens with one attached hydrogen (secondary N) is 2. The molecule has 2 aromatic rings. The number of rotatable bonds is 5. The molecule has 1 aromatic heterocycles. The second-order valence-corrected chi connectivity index (χ2v) is 4.76. The number of carbonyl (C=O) groups excluding carboxylic acids is 1. The average molecular weight is 269 g/mol. The lowest BCUT2D eigenvalue weighted by atomic mass is 10.1. The van der Waals surface area contributed by atoms with Crippen LogP contribution < -0.4 is 10.6 Å². The van der Waals surface area contributed by atoms with Crippen LogP contribution in [0, 0.1) is 0 Å². The number of hydrogen-bond acceptors (Lipinski definition) is 3. The minimum atomic E-state index is -0.0535. The topological polar surface area (TPSA) is 54.0 Å². The summed E-state index contributed by atoms with van der Waals surface area (Å²) < 4.78 is 0. The zero-order chi connectivity index (χ0) is 14.4. The van der Waals surface area contributed by atoms with E-state index in [0.717, 1.165) is 12.2 Å². The van der Waals surface area contributed by atoms with E-state index in [2.05, 4.69) is 22.5 Å². The van der Waals surface area contributed by atoms with Gasteiger partial charge in [0.25, 0.3) is 0 Å². The number of amides is 1. The third-order valence-electron chi connectivity index (χ3n) is 3.09. The molecule has 2 rings (SSSR count). The molecule has 1 atom stereocenters. The number of nitrogens with zero attached hydrogens (tertiary/aromatic N) is 1. The van der Waals surface area contributed by atoms with E-state index in [9.17, 15) is 4.79 Å². The summed E-state index contributed by atoms with van der Waals surface area (Å²) in [7, 11) is 0. The van der Waals surface area contributed by atoms with Gasteiger partial charge in [-0.15, -0.1) is 0 Å². The third kappa shape index (κ3) is 4.17. The van der Waals surface area contributed by atoms with Gasteiger partial charge < -0.3 is 10.6 Å². The van der Waals surface area contributed by atoms with Crippen molar-refractivity contribution >= 4 is 11.6 Å². The van der Waals surface area contributed by atoms with E-state index in [-0.39, 0.29) is 11.9 Å². The molecular formula is C16H19N3O. The molecule has 4 nitrogen and oxygen atoms in total. The highest BCUT2D eigenvalue weighted by Gasteiger charge is 2.04. The predicted molar refractivity (Wildman–Crippen MR) is 80.2 cm³/mol. The minimum Gasteiger partial charge on any atom is -0.326 e. The van der Waals surface area contributed by atoms with Gasteiger partial charge in [-0.3, -0.25) is 9.78 Å². The summed E-state index contributed by atoms with van der Waals surface area (Å²) in [6.45, 7) is 4.41. The maximum Gasteiger partial charge on any atom is 0.221 e. The average Bonchev–Trinajstić information content (AvgIpc) is 2.46. The molecule has 0 aliphatic carbocycles. The molecule has 1 heterocycles. The Morgan fingerprint density at radius 2 is 1.80 bits per heavy atom. The number of hydrogen-bond donors (Lipinski definition) is 2. The first-order valence-corrected chi connectivity index (χ1v) is 6.65. The molecule has 2 N–H and O–H groups in total. The Kier molecular flexibility index (Phi) is 4.85. The van der Waals surface area contributed by atoms with Crippen LogP contribution in [0.1, 0.15) is 31.0 Å². The molecule has 0 bridgehead atoms. The fraction of sp³-hybridized carbons (Fsp3) is 0.250. The number of pyridine rings is 1. The van der Waals surface area contributed by atoms with Gasteiger partial charge in [-0.25, -0.2) is 0 Å². The second-order valence-electron chi connectivity index (χ2n) is 4.76. The van der Waals surface area contributed by atoms with E-state index in [1.165, 1.54) is 18.1 Å². The minimum absolute atomic E-state index is 0.0535. The van der Waals surface area contributed by atoms with Crippen molar-refractivity contribution in [2.24, 2.45) is 0 Å². The normalized spacial score (nSPS) is 11.9. The fourth-order valence-corrected chi connectivity index (χ4v) is 1.95. The van der Waals surface area contributed by atoms with Crippen LogP contribution in [-0.4, -0.2) is 10.9 Å². The Labute approximate surface area is 119 Å². The zero-order valence-electron chi connectivity index (χ0n) is 11.8. The first-order chi connectivity index (χ1) is 9.65. The lowest BCUT2D eigenvalue weighted by Gasteiger charge is -2.14. The number of aromatic nitrogens is 1. The van der Waals surface area contributed by atoms with Crippen LogP contribution in [0.25, 0.3) is 0 Å². The summed E-state index contributed by atoms with van der Waals surface area (Å²) in [6.07, 6.45) is 3.60. The van der Waals surface area contributed by atoms with Crippen LogP contribution in [0.4, 0.5) is 5.69 Å². The van der Waals surface area contributed by atoms with Gasteiger partial charge in [-0.05, 0) is 42.3 Å². The van der Waals surface area contributed by atoms with Crippen LogP contribution in [0.5, 0.6) is 0 Å². The number of anilines is 1. The van der Waals surface area contributed by atoms with E-state index < -0.39 is 0 Å². The molecule has 0 saturated heterocycles. The van der Waals surface area contributed by atoms with Crippen molar-refractivity contribution in [1.29, 1.82) is 0 Å². The summed E-state index contributed by atoms with van der Waals surface area (Å²) in [5, 5.41) is 6.22. The molecule has 4 heteroatoms. The predicted octanol–water partition coefficient (Wildman–Crippen LogP) is 2.89. The van der Waals surface area contributed by atoms with Crippen molar-refractivity contribution in [1.82, 2.24) is 10.3 Å². The zero-order valence-corrected chi connectivity index (χ0v) is 11.8. The summed E-state index contributed by atoms with van der Waals surface area (Å²) in [5.41, 5.74) is 3.22. The van der Waals surface area contributed by atoms with Gasteiger partial charge in [0.05, 0.1) is 0 Å². The molecule has 1 amide bonds. The van der Waals surface area contributed by atoms with Gasteiger partial charge in [0, 0.05) is 37.6 Å². The van der Waals surface area contributed by atoms with Crippen LogP contribution in [-0.2, 0) is 11.3 Å². The van der Waals surface area contributed by atoms with Gasteiger partial charge in [-0.1, -0.05) is 12.1 Å². The van der Waals surface area contributed by atoms with Gasteiger partial charge in [0.1, 0.15) is 0 Å². The molecule has 0 fully saturated rings. The third-order valence-corrected chi connectivity index (χ3v) is 3.09. The summed E-state index contributed by atoms with van der Waals surface area (Å²) >= 11 is 0. The first kappa shape index (κ1) is 14.2. The van der Waals surface area contributed by atoms with Crippen LogP contribution in [0.2, 0.25) is 0 Å². The molecule has 0 aliphatic rings. The maximum absolute atomic E-state index is 10.9. The van der Waals surface area contributed by atoms with Crippen molar-refractivity contribution < 1.29 is 4.79 Å². The van der Waals surface area contributed by atoms with E-state index in [0.29, 0.717) is 0 Å². The monoisotopic (exact) mass is 269 g/mol. The Hall–Kier alpha value is -2.20. The van der Waals surface area contributed by atoms with Crippen LogP contribution in [0.3, 0.4) is 0 Å². The summed E-state index contributed by atoms with van der Waals surface area (Å²) in [5.74, 6) is -0.0535. The van der Waals surface area contributed by atoms with E-state index in [1.807, 2.05) is 36.4 Å². The Morgan fingerprint density at radius 1 is 1.15 bits per heavy atom. The smallest absolute Gasteiger partial charge is 0.221 e. The Bertz CT molecular complexity index is 552. The highest BCUT2D eigenvalue weighted by Crippen LogP contribution is 2.13. The van der Waals surface area contributed by atoms with Gasteiger partial charge in [0.2, 0.25) is 5.91 Å². The van der Waals surface area contributed by atoms with Gasteiger partial charge in [0.15, 0.2) is 0 Å². The summed E-state index contributed by atoms with van der Waals surface area (Å²) in [4.78, 5) is 15.0.